The lowest BCUT2D eigenvalue weighted by molar-refractivity contribution is -0.0952. The first kappa shape index (κ1) is 18.0. The van der Waals surface area contributed by atoms with Crippen molar-refractivity contribution in [2.24, 2.45) is 29.6 Å². The van der Waals surface area contributed by atoms with Crippen LogP contribution in [0.5, 0.6) is 0 Å². The van der Waals surface area contributed by atoms with Crippen LogP contribution in [0.1, 0.15) is 79.6 Å². The highest BCUT2D eigenvalue weighted by Crippen LogP contribution is 2.52. The Morgan fingerprint density at radius 2 is 1.68 bits per heavy atom. The zero-order valence-corrected chi connectivity index (χ0v) is 15.6. The van der Waals surface area contributed by atoms with E-state index in [2.05, 4.69) is 13.0 Å². The van der Waals surface area contributed by atoms with Crippen LogP contribution in [-0.4, -0.2) is 12.7 Å². The van der Waals surface area contributed by atoms with E-state index in [1.807, 2.05) is 27.7 Å². The summed E-state index contributed by atoms with van der Waals surface area (Å²) in [6.07, 6.45) is 13.1. The predicted octanol–water partition coefficient (Wildman–Crippen LogP) is 6.24. The Hall–Kier alpha value is -0.300. The van der Waals surface area contributed by atoms with Gasteiger partial charge < -0.3 is 4.74 Å². The lowest BCUT2D eigenvalue weighted by Crippen LogP contribution is -2.45. The second kappa shape index (κ2) is 8.52. The summed E-state index contributed by atoms with van der Waals surface area (Å²) in [5, 5.41) is 0. The number of rotatable bonds is 0. The molecule has 6 unspecified atom stereocenters. The van der Waals surface area contributed by atoms with E-state index in [-0.39, 0.29) is 0 Å². The quantitative estimate of drug-likeness (QED) is 0.481. The summed E-state index contributed by atoms with van der Waals surface area (Å²) < 4.78 is 6.22. The second-order valence-electron chi connectivity index (χ2n) is 7.30. The van der Waals surface area contributed by atoms with Crippen LogP contribution >= 0.6 is 0 Å². The van der Waals surface area contributed by atoms with Crippen LogP contribution in [0, 0.1) is 29.6 Å². The molecule has 0 aromatic carbocycles. The highest BCUT2D eigenvalue weighted by atomic mass is 16.5. The van der Waals surface area contributed by atoms with E-state index in [0.29, 0.717) is 6.10 Å². The van der Waals surface area contributed by atoms with E-state index in [9.17, 15) is 0 Å². The molecule has 4 rings (SSSR count). The van der Waals surface area contributed by atoms with Gasteiger partial charge in [0.1, 0.15) is 0 Å². The Morgan fingerprint density at radius 3 is 2.45 bits per heavy atom. The summed E-state index contributed by atoms with van der Waals surface area (Å²) in [5.74, 6) is 4.56. The van der Waals surface area contributed by atoms with Crippen LogP contribution in [-0.2, 0) is 4.74 Å². The van der Waals surface area contributed by atoms with Gasteiger partial charge in [-0.25, -0.2) is 0 Å². The molecular weight excluding hydrogens is 268 g/mol. The fourth-order valence-corrected chi connectivity index (χ4v) is 5.41. The third-order valence-electron chi connectivity index (χ3n) is 6.31. The molecule has 0 aromatic rings. The normalized spacial score (nSPS) is 42.3. The molecule has 1 nitrogen and oxygen atoms in total. The molecule has 4 aliphatic rings. The number of allylic oxidation sites excluding steroid dienone is 2. The van der Waals surface area contributed by atoms with Crippen molar-refractivity contribution in [3.05, 3.63) is 11.6 Å². The Morgan fingerprint density at radius 1 is 0.909 bits per heavy atom. The molecule has 0 aromatic heterocycles. The van der Waals surface area contributed by atoms with E-state index in [1.54, 1.807) is 5.57 Å². The molecule has 3 fully saturated rings. The average Bonchev–Trinajstić information content (AvgIpc) is 3.06. The van der Waals surface area contributed by atoms with Gasteiger partial charge in [-0.2, -0.15) is 0 Å². The summed E-state index contributed by atoms with van der Waals surface area (Å²) in [4.78, 5) is 0. The van der Waals surface area contributed by atoms with Crippen LogP contribution < -0.4 is 0 Å². The minimum atomic E-state index is 0.628. The summed E-state index contributed by atoms with van der Waals surface area (Å²) in [7, 11) is 0. The number of hydrogen-bond acceptors (Lipinski definition) is 1. The monoisotopic (exact) mass is 306 g/mol. The van der Waals surface area contributed by atoms with Gasteiger partial charge in [-0.1, -0.05) is 52.7 Å². The fraction of sp³-hybridized carbons (Fsp3) is 0.905. The summed E-state index contributed by atoms with van der Waals surface area (Å²) in [6.45, 7) is 11.5. The first-order chi connectivity index (χ1) is 10.8. The molecule has 0 bridgehead atoms. The third-order valence-corrected chi connectivity index (χ3v) is 6.31. The molecule has 0 amide bonds. The van der Waals surface area contributed by atoms with E-state index in [1.165, 1.54) is 44.9 Å². The average molecular weight is 307 g/mol. The summed E-state index contributed by atoms with van der Waals surface area (Å²) in [5.41, 5.74) is 1.80. The molecular formula is C21H38O. The van der Waals surface area contributed by atoms with Gasteiger partial charge in [0.2, 0.25) is 0 Å². The topological polar surface area (TPSA) is 9.23 Å². The molecule has 1 saturated heterocycles. The molecule has 1 heteroatoms. The highest BCUT2D eigenvalue weighted by Gasteiger charge is 2.47. The smallest absolute Gasteiger partial charge is 0.0606 e. The van der Waals surface area contributed by atoms with Crippen molar-refractivity contribution in [3.8, 4) is 0 Å². The van der Waals surface area contributed by atoms with Crippen molar-refractivity contribution < 1.29 is 4.74 Å². The Bertz CT molecular complexity index is 359. The van der Waals surface area contributed by atoms with Crippen LogP contribution in [0.4, 0.5) is 0 Å². The molecule has 22 heavy (non-hydrogen) atoms. The van der Waals surface area contributed by atoms with Crippen molar-refractivity contribution in [2.75, 3.05) is 6.61 Å². The van der Waals surface area contributed by atoms with Gasteiger partial charge in [-0.15, -0.1) is 0 Å². The van der Waals surface area contributed by atoms with Crippen molar-refractivity contribution in [2.45, 2.75) is 85.7 Å². The van der Waals surface area contributed by atoms with Crippen LogP contribution in [0.15, 0.2) is 11.6 Å². The standard InChI is InChI=1S/C17H26O.2C2H6/c1-11-5-7-13-12(9-11)6-8-14-15-3-2-4-17(15)18-10-16(13)14;2*1-2/h6,11,13-17H,2-5,7-10H2,1H3;2*1-2H3. The van der Waals surface area contributed by atoms with Crippen molar-refractivity contribution in [1.29, 1.82) is 0 Å². The van der Waals surface area contributed by atoms with Gasteiger partial charge >= 0.3 is 0 Å². The Balaban J connectivity index is 0.000000410. The predicted molar refractivity (Wildman–Crippen MR) is 96.0 cm³/mol. The van der Waals surface area contributed by atoms with Crippen LogP contribution in [0.3, 0.4) is 0 Å². The largest absolute Gasteiger partial charge is 0.378 e. The zero-order valence-electron chi connectivity index (χ0n) is 15.6. The van der Waals surface area contributed by atoms with Gasteiger partial charge in [0.25, 0.3) is 0 Å². The SMILES string of the molecule is CC.CC.CC1CCC2C(=CCC3C4CCCC4OCC23)C1. The Kier molecular flexibility index (Phi) is 6.99. The minimum Gasteiger partial charge on any atom is -0.378 e. The van der Waals surface area contributed by atoms with E-state index < -0.39 is 0 Å². The second-order valence-corrected chi connectivity index (χ2v) is 7.30. The Labute approximate surface area is 138 Å². The molecule has 2 saturated carbocycles. The molecule has 1 heterocycles. The molecule has 3 aliphatic carbocycles. The van der Waals surface area contributed by atoms with Gasteiger partial charge in [0.05, 0.1) is 12.7 Å². The van der Waals surface area contributed by atoms with Gasteiger partial charge in [-0.3, -0.25) is 0 Å². The number of ether oxygens (including phenoxy) is 1. The minimum absolute atomic E-state index is 0.628. The molecule has 0 radical (unpaired) electrons. The molecule has 128 valence electrons. The zero-order chi connectivity index (χ0) is 16.1. The van der Waals surface area contributed by atoms with Gasteiger partial charge in [-0.05, 0) is 68.1 Å². The van der Waals surface area contributed by atoms with Crippen LogP contribution in [0.25, 0.3) is 0 Å². The lowest BCUT2D eigenvalue weighted by Gasteiger charge is -2.48. The highest BCUT2D eigenvalue weighted by molar-refractivity contribution is 5.18. The summed E-state index contributed by atoms with van der Waals surface area (Å²) >= 11 is 0. The lowest BCUT2D eigenvalue weighted by atomic mass is 9.61. The first-order valence-corrected chi connectivity index (χ1v) is 10.1. The maximum absolute atomic E-state index is 6.22. The fourth-order valence-electron chi connectivity index (χ4n) is 5.41. The van der Waals surface area contributed by atoms with Gasteiger partial charge in [0, 0.05) is 0 Å². The van der Waals surface area contributed by atoms with Crippen LogP contribution in [0.2, 0.25) is 0 Å². The number of hydrogen-bond donors (Lipinski definition) is 0. The molecule has 0 N–H and O–H groups in total. The molecule has 6 atom stereocenters. The van der Waals surface area contributed by atoms with E-state index in [4.69, 9.17) is 4.74 Å². The van der Waals surface area contributed by atoms with Crippen molar-refractivity contribution in [3.63, 3.8) is 0 Å². The van der Waals surface area contributed by atoms with Crippen molar-refractivity contribution in [1.82, 2.24) is 0 Å². The third kappa shape index (κ3) is 3.45. The molecule has 0 spiro atoms. The maximum atomic E-state index is 6.22. The van der Waals surface area contributed by atoms with E-state index >= 15 is 0 Å². The van der Waals surface area contributed by atoms with E-state index in [0.717, 1.165) is 36.2 Å². The van der Waals surface area contributed by atoms with Crippen molar-refractivity contribution >= 4 is 0 Å². The number of fused-ring (bicyclic) bond motifs is 5. The van der Waals surface area contributed by atoms with Gasteiger partial charge in [0.15, 0.2) is 0 Å². The first-order valence-electron chi connectivity index (χ1n) is 10.1. The maximum Gasteiger partial charge on any atom is 0.0606 e. The summed E-state index contributed by atoms with van der Waals surface area (Å²) in [6, 6.07) is 0. The molecule has 1 aliphatic heterocycles.